The third kappa shape index (κ3) is 4.06. The van der Waals surface area contributed by atoms with Gasteiger partial charge in [0, 0.05) is 17.6 Å². The molecule has 2 aliphatic carbocycles. The summed E-state index contributed by atoms with van der Waals surface area (Å²) in [5.74, 6) is 2.07. The Morgan fingerprint density at radius 1 is 1.08 bits per heavy atom. The molecule has 1 amide bonds. The number of benzene rings is 1. The number of fused-ring (bicyclic) bond motifs is 2. The number of amides is 1. The number of hydrogen-bond donors (Lipinski definition) is 2. The van der Waals surface area contributed by atoms with E-state index in [1.807, 2.05) is 0 Å². The van der Waals surface area contributed by atoms with Crippen molar-refractivity contribution >= 4 is 15.9 Å². The van der Waals surface area contributed by atoms with Crippen molar-refractivity contribution in [2.45, 2.75) is 63.4 Å². The molecule has 2 aliphatic rings. The highest BCUT2D eigenvalue weighted by Crippen LogP contribution is 2.49. The highest BCUT2D eigenvalue weighted by Gasteiger charge is 2.42. The lowest BCUT2D eigenvalue weighted by atomic mass is 9.84. The second kappa shape index (κ2) is 7.08. The van der Waals surface area contributed by atoms with Gasteiger partial charge in [-0.25, -0.2) is 13.1 Å². The fraction of sp³-hybridized carbons (Fsp3) is 0.632. The Morgan fingerprint density at radius 2 is 1.76 bits per heavy atom. The molecule has 0 heterocycles. The van der Waals surface area contributed by atoms with Crippen LogP contribution in [0.2, 0.25) is 0 Å². The molecule has 2 N–H and O–H groups in total. The number of nitrogens with one attached hydrogen (secondary N) is 2. The van der Waals surface area contributed by atoms with E-state index in [-0.39, 0.29) is 22.9 Å². The number of carbonyl (C=O) groups excluding carboxylic acids is 1. The van der Waals surface area contributed by atoms with Crippen LogP contribution in [-0.4, -0.2) is 26.4 Å². The first-order valence-corrected chi connectivity index (χ1v) is 10.7. The Bertz CT molecular complexity index is 728. The van der Waals surface area contributed by atoms with Crippen molar-refractivity contribution in [2.24, 2.45) is 17.8 Å². The predicted octanol–water partition coefficient (Wildman–Crippen LogP) is 2.93. The summed E-state index contributed by atoms with van der Waals surface area (Å²) in [6.45, 7) is 5.64. The zero-order chi connectivity index (χ0) is 18.2. The molecular weight excluding hydrogens is 336 g/mol. The highest BCUT2D eigenvalue weighted by atomic mass is 32.2. The fourth-order valence-corrected chi connectivity index (χ4v) is 5.72. The maximum absolute atomic E-state index is 12.5. The first kappa shape index (κ1) is 18.4. The zero-order valence-corrected chi connectivity index (χ0v) is 16.0. The molecule has 1 aromatic rings. The maximum Gasteiger partial charge on any atom is 0.251 e. The molecule has 4 atom stereocenters. The number of sulfonamides is 1. The van der Waals surface area contributed by atoms with Gasteiger partial charge in [0.25, 0.3) is 5.91 Å². The van der Waals surface area contributed by atoms with Crippen molar-refractivity contribution < 1.29 is 13.2 Å². The van der Waals surface area contributed by atoms with Crippen LogP contribution in [-0.2, 0) is 10.0 Å². The van der Waals surface area contributed by atoms with E-state index in [2.05, 4.69) is 17.0 Å². The van der Waals surface area contributed by atoms with E-state index < -0.39 is 10.0 Å². The van der Waals surface area contributed by atoms with E-state index in [9.17, 15) is 13.2 Å². The van der Waals surface area contributed by atoms with Gasteiger partial charge in [0.15, 0.2) is 0 Å². The van der Waals surface area contributed by atoms with E-state index in [0.717, 1.165) is 11.8 Å². The Morgan fingerprint density at radius 3 is 2.28 bits per heavy atom. The van der Waals surface area contributed by atoms with Gasteiger partial charge in [0.2, 0.25) is 10.0 Å². The van der Waals surface area contributed by atoms with Crippen molar-refractivity contribution in [2.75, 3.05) is 0 Å². The molecule has 0 radical (unpaired) electrons. The Kier molecular flexibility index (Phi) is 5.21. The van der Waals surface area contributed by atoms with Crippen LogP contribution in [0.15, 0.2) is 29.2 Å². The lowest BCUT2D eigenvalue weighted by molar-refractivity contribution is 0.0915. The van der Waals surface area contributed by atoms with Crippen LogP contribution in [0.3, 0.4) is 0 Å². The second-order valence-electron chi connectivity index (χ2n) is 7.90. The molecule has 1 aromatic carbocycles. The molecule has 0 aromatic heterocycles. The zero-order valence-electron chi connectivity index (χ0n) is 15.2. The van der Waals surface area contributed by atoms with E-state index in [1.165, 1.54) is 37.8 Å². The third-order valence-electron chi connectivity index (χ3n) is 5.61. The average molecular weight is 365 g/mol. The first-order chi connectivity index (χ1) is 11.8. The molecule has 3 rings (SSSR count). The smallest absolute Gasteiger partial charge is 0.251 e. The highest BCUT2D eigenvalue weighted by molar-refractivity contribution is 7.89. The Labute approximate surface area is 150 Å². The summed E-state index contributed by atoms with van der Waals surface area (Å²) in [7, 11) is -3.53. The SMILES string of the molecule is CC(C)NS(=O)(=O)c1ccc(C(=O)NC(C)C2CC3CCC2C3)cc1. The molecular formula is C19H28N2O3S. The summed E-state index contributed by atoms with van der Waals surface area (Å²) < 4.78 is 26.8. The summed E-state index contributed by atoms with van der Waals surface area (Å²) in [5.41, 5.74) is 0.499. The maximum atomic E-state index is 12.5. The molecule has 2 fully saturated rings. The van der Waals surface area contributed by atoms with Crippen LogP contribution in [0, 0.1) is 17.8 Å². The van der Waals surface area contributed by atoms with Gasteiger partial charge in [-0.1, -0.05) is 6.42 Å². The van der Waals surface area contributed by atoms with Crippen LogP contribution in [0.25, 0.3) is 0 Å². The standard InChI is InChI=1S/C19H28N2O3S/c1-12(2)21-25(23,24)17-8-6-15(7-9-17)19(22)20-13(3)18-11-14-4-5-16(18)10-14/h6-9,12-14,16,18,21H,4-5,10-11H2,1-3H3,(H,20,22). The van der Waals surface area contributed by atoms with Crippen LogP contribution in [0.5, 0.6) is 0 Å². The van der Waals surface area contributed by atoms with E-state index in [1.54, 1.807) is 26.0 Å². The van der Waals surface area contributed by atoms with Gasteiger partial charge in [-0.2, -0.15) is 0 Å². The fourth-order valence-electron chi connectivity index (χ4n) is 4.47. The van der Waals surface area contributed by atoms with E-state index >= 15 is 0 Å². The molecule has 138 valence electrons. The normalized spacial score (nSPS) is 26.8. The number of rotatable bonds is 6. The average Bonchev–Trinajstić information content (AvgIpc) is 3.16. The quantitative estimate of drug-likeness (QED) is 0.815. The largest absolute Gasteiger partial charge is 0.349 e. The van der Waals surface area contributed by atoms with Crippen LogP contribution >= 0.6 is 0 Å². The number of hydrogen-bond acceptors (Lipinski definition) is 3. The summed E-state index contributed by atoms with van der Waals surface area (Å²) in [6.07, 6.45) is 5.19. The minimum absolute atomic E-state index is 0.129. The van der Waals surface area contributed by atoms with Gasteiger partial charge in [0.05, 0.1) is 4.90 Å². The minimum Gasteiger partial charge on any atom is -0.349 e. The molecule has 4 unspecified atom stereocenters. The molecule has 5 nitrogen and oxygen atoms in total. The van der Waals surface area contributed by atoms with E-state index in [0.29, 0.717) is 11.5 Å². The van der Waals surface area contributed by atoms with E-state index in [4.69, 9.17) is 0 Å². The van der Waals surface area contributed by atoms with Gasteiger partial charge in [-0.15, -0.1) is 0 Å². The second-order valence-corrected chi connectivity index (χ2v) is 9.62. The lowest BCUT2D eigenvalue weighted by Crippen LogP contribution is -2.40. The van der Waals surface area contributed by atoms with Crippen LogP contribution in [0.1, 0.15) is 56.8 Å². The predicted molar refractivity (Wildman–Crippen MR) is 97.8 cm³/mol. The van der Waals surface area contributed by atoms with Crippen molar-refractivity contribution in [3.63, 3.8) is 0 Å². The summed E-state index contributed by atoms with van der Waals surface area (Å²) in [4.78, 5) is 12.7. The lowest BCUT2D eigenvalue weighted by Gasteiger charge is -2.28. The summed E-state index contributed by atoms with van der Waals surface area (Å²) in [6, 6.07) is 6.13. The molecule has 2 bridgehead atoms. The molecule has 2 saturated carbocycles. The summed E-state index contributed by atoms with van der Waals surface area (Å²) in [5, 5.41) is 3.11. The molecule has 0 spiro atoms. The van der Waals surface area contributed by atoms with Gasteiger partial charge >= 0.3 is 0 Å². The molecule has 0 aliphatic heterocycles. The van der Waals surface area contributed by atoms with Crippen LogP contribution in [0.4, 0.5) is 0 Å². The Hall–Kier alpha value is -1.40. The number of carbonyl (C=O) groups is 1. The van der Waals surface area contributed by atoms with Gasteiger partial charge in [-0.05, 0) is 82.1 Å². The molecule has 0 saturated heterocycles. The topological polar surface area (TPSA) is 75.3 Å². The van der Waals surface area contributed by atoms with Crippen molar-refractivity contribution in [1.29, 1.82) is 0 Å². The van der Waals surface area contributed by atoms with Crippen molar-refractivity contribution in [1.82, 2.24) is 10.0 Å². The van der Waals surface area contributed by atoms with Crippen LogP contribution < -0.4 is 10.0 Å². The monoisotopic (exact) mass is 364 g/mol. The molecule has 25 heavy (non-hydrogen) atoms. The van der Waals surface area contributed by atoms with Gasteiger partial charge in [0.1, 0.15) is 0 Å². The van der Waals surface area contributed by atoms with Gasteiger partial charge in [-0.3, -0.25) is 4.79 Å². The minimum atomic E-state index is -3.53. The molecule has 6 heteroatoms. The van der Waals surface area contributed by atoms with Gasteiger partial charge < -0.3 is 5.32 Å². The Balaban J connectivity index is 1.63. The van der Waals surface area contributed by atoms with Crippen molar-refractivity contribution in [3.05, 3.63) is 29.8 Å². The first-order valence-electron chi connectivity index (χ1n) is 9.19. The van der Waals surface area contributed by atoms with Crippen molar-refractivity contribution in [3.8, 4) is 0 Å². The third-order valence-corrected chi connectivity index (χ3v) is 7.29. The summed E-state index contributed by atoms with van der Waals surface area (Å²) >= 11 is 0.